The van der Waals surface area contributed by atoms with Crippen LogP contribution in [0.4, 0.5) is 5.82 Å². The van der Waals surface area contributed by atoms with Gasteiger partial charge in [-0.05, 0) is 30.5 Å². The molecule has 1 aliphatic carbocycles. The number of morpholine rings is 1. The fourth-order valence-corrected chi connectivity index (χ4v) is 3.60. The first kappa shape index (κ1) is 17.6. The van der Waals surface area contributed by atoms with Crippen molar-refractivity contribution in [1.29, 1.82) is 0 Å². The molecular weight excluding hydrogens is 306 g/mol. The van der Waals surface area contributed by atoms with E-state index in [0.717, 1.165) is 44.2 Å². The number of ether oxygens (including phenoxy) is 1. The zero-order chi connectivity index (χ0) is 17.1. The third kappa shape index (κ3) is 3.88. The number of anilines is 1. The van der Waals surface area contributed by atoms with Crippen molar-refractivity contribution in [2.45, 2.75) is 44.4 Å². The summed E-state index contributed by atoms with van der Waals surface area (Å²) in [7, 11) is 0. The molecule has 0 aromatic carbocycles. The minimum atomic E-state index is -0.729. The van der Waals surface area contributed by atoms with Gasteiger partial charge in [0, 0.05) is 31.2 Å². The molecule has 2 aliphatic rings. The van der Waals surface area contributed by atoms with Gasteiger partial charge in [0.2, 0.25) is 0 Å². The topological polar surface area (TPSA) is 77.8 Å². The van der Waals surface area contributed by atoms with Crippen LogP contribution in [-0.2, 0) is 4.74 Å². The molecule has 3 N–H and O–H groups in total. The van der Waals surface area contributed by atoms with Crippen LogP contribution in [0, 0.1) is 5.92 Å². The summed E-state index contributed by atoms with van der Waals surface area (Å²) in [5, 5.41) is 23.8. The fourth-order valence-electron chi connectivity index (χ4n) is 3.60. The van der Waals surface area contributed by atoms with Gasteiger partial charge in [-0.1, -0.05) is 19.9 Å². The van der Waals surface area contributed by atoms with Crippen LogP contribution in [0.15, 0.2) is 18.3 Å². The van der Waals surface area contributed by atoms with E-state index in [-0.39, 0.29) is 12.0 Å². The number of nitrogens with one attached hydrogen (secondary N) is 1. The highest BCUT2D eigenvalue weighted by molar-refractivity contribution is 5.40. The lowest BCUT2D eigenvalue weighted by molar-refractivity contribution is 0.0296. The van der Waals surface area contributed by atoms with Crippen LogP contribution in [0.25, 0.3) is 0 Å². The summed E-state index contributed by atoms with van der Waals surface area (Å²) in [4.78, 5) is 6.83. The lowest BCUT2D eigenvalue weighted by Gasteiger charge is -2.28. The summed E-state index contributed by atoms with van der Waals surface area (Å²) in [5.41, 5.74) is 1.07. The van der Waals surface area contributed by atoms with Crippen LogP contribution in [0.5, 0.6) is 0 Å². The molecule has 0 bridgehead atoms. The number of aliphatic hydroxyl groups is 2. The second kappa shape index (κ2) is 7.78. The van der Waals surface area contributed by atoms with Gasteiger partial charge in [0.1, 0.15) is 5.82 Å². The molecule has 134 valence electrons. The van der Waals surface area contributed by atoms with Gasteiger partial charge in [0.05, 0.1) is 25.4 Å². The van der Waals surface area contributed by atoms with E-state index in [0.29, 0.717) is 12.3 Å². The first-order valence-corrected chi connectivity index (χ1v) is 8.94. The molecule has 4 atom stereocenters. The van der Waals surface area contributed by atoms with Gasteiger partial charge in [-0.2, -0.15) is 0 Å². The highest BCUT2D eigenvalue weighted by Gasteiger charge is 2.42. The maximum Gasteiger partial charge on any atom is 0.128 e. The first-order chi connectivity index (χ1) is 11.6. The number of hydrogen-bond donors (Lipinski definition) is 3. The summed E-state index contributed by atoms with van der Waals surface area (Å²) in [6.07, 6.45) is 1.05. The molecule has 24 heavy (non-hydrogen) atoms. The van der Waals surface area contributed by atoms with Crippen molar-refractivity contribution < 1.29 is 14.9 Å². The zero-order valence-electron chi connectivity index (χ0n) is 14.6. The highest BCUT2D eigenvalue weighted by Crippen LogP contribution is 2.35. The standard InChI is InChI=1S/C18H29N3O3/c1-12(2)10-20-17-14(9-15(22)18(17)23)13-3-4-16(19-11-13)21-5-7-24-8-6-21/h3-4,11-12,14-15,17-18,20,22-23H,5-10H2,1-2H3/t14-,15-,17-,18-/m1/s1. The third-order valence-electron chi connectivity index (χ3n) is 4.99. The monoisotopic (exact) mass is 335 g/mol. The third-order valence-corrected chi connectivity index (χ3v) is 4.99. The molecule has 3 rings (SSSR count). The minimum absolute atomic E-state index is 0.0833. The Bertz CT molecular complexity index is 517. The number of hydrogen-bond acceptors (Lipinski definition) is 6. The summed E-state index contributed by atoms with van der Waals surface area (Å²) in [6.45, 7) is 8.32. The zero-order valence-corrected chi connectivity index (χ0v) is 14.6. The fraction of sp³-hybridized carbons (Fsp3) is 0.722. The molecule has 1 saturated heterocycles. The molecule has 2 fully saturated rings. The molecule has 2 heterocycles. The summed E-state index contributed by atoms with van der Waals surface area (Å²) < 4.78 is 5.38. The van der Waals surface area contributed by atoms with Crippen LogP contribution < -0.4 is 10.2 Å². The number of aliphatic hydroxyl groups excluding tert-OH is 2. The number of pyridine rings is 1. The van der Waals surface area contributed by atoms with Crippen LogP contribution >= 0.6 is 0 Å². The molecule has 0 unspecified atom stereocenters. The lowest BCUT2D eigenvalue weighted by atomic mass is 9.94. The molecule has 1 aliphatic heterocycles. The summed E-state index contributed by atoms with van der Waals surface area (Å²) in [5.74, 6) is 1.55. The van der Waals surface area contributed by atoms with E-state index in [1.807, 2.05) is 12.3 Å². The van der Waals surface area contributed by atoms with Crippen molar-refractivity contribution in [2.24, 2.45) is 5.92 Å². The van der Waals surface area contributed by atoms with Gasteiger partial charge in [-0.25, -0.2) is 4.98 Å². The molecule has 6 heteroatoms. The van der Waals surface area contributed by atoms with Crippen LogP contribution in [0.1, 0.15) is 31.7 Å². The smallest absolute Gasteiger partial charge is 0.128 e. The Morgan fingerprint density at radius 1 is 1.29 bits per heavy atom. The Kier molecular flexibility index (Phi) is 5.71. The second-order valence-corrected chi connectivity index (χ2v) is 7.28. The van der Waals surface area contributed by atoms with Crippen LogP contribution in [0.3, 0.4) is 0 Å². The molecule has 0 amide bonds. The minimum Gasteiger partial charge on any atom is -0.390 e. The molecule has 1 aromatic rings. The Labute approximate surface area is 143 Å². The summed E-state index contributed by atoms with van der Waals surface area (Å²) in [6, 6.07) is 3.99. The predicted molar refractivity (Wildman–Crippen MR) is 93.3 cm³/mol. The van der Waals surface area contributed by atoms with Crippen molar-refractivity contribution in [3.63, 3.8) is 0 Å². The van der Waals surface area contributed by atoms with E-state index in [2.05, 4.69) is 35.1 Å². The average Bonchev–Trinajstić information content (AvgIpc) is 2.89. The van der Waals surface area contributed by atoms with Gasteiger partial charge in [0.25, 0.3) is 0 Å². The normalized spacial score (nSPS) is 31.0. The van der Waals surface area contributed by atoms with Crippen molar-refractivity contribution in [1.82, 2.24) is 10.3 Å². The molecular formula is C18H29N3O3. The Morgan fingerprint density at radius 3 is 2.67 bits per heavy atom. The number of rotatable bonds is 5. The van der Waals surface area contributed by atoms with Crippen molar-refractivity contribution >= 4 is 5.82 Å². The van der Waals surface area contributed by atoms with E-state index in [4.69, 9.17) is 4.74 Å². The predicted octanol–water partition coefficient (Wildman–Crippen LogP) is 0.741. The van der Waals surface area contributed by atoms with Crippen LogP contribution in [0.2, 0.25) is 0 Å². The second-order valence-electron chi connectivity index (χ2n) is 7.28. The molecule has 6 nitrogen and oxygen atoms in total. The van der Waals surface area contributed by atoms with E-state index < -0.39 is 12.2 Å². The van der Waals surface area contributed by atoms with Gasteiger partial charge in [-0.15, -0.1) is 0 Å². The van der Waals surface area contributed by atoms with E-state index in [1.165, 1.54) is 0 Å². The molecule has 1 saturated carbocycles. The van der Waals surface area contributed by atoms with E-state index >= 15 is 0 Å². The summed E-state index contributed by atoms with van der Waals surface area (Å²) >= 11 is 0. The van der Waals surface area contributed by atoms with Gasteiger partial charge in [0.15, 0.2) is 0 Å². The SMILES string of the molecule is CC(C)CN[C@H]1[C@H](O)[C@H](O)C[C@@H]1c1ccc(N2CCOCC2)nc1. The molecule has 0 radical (unpaired) electrons. The largest absolute Gasteiger partial charge is 0.390 e. The van der Waals surface area contributed by atoms with Gasteiger partial charge < -0.3 is 25.2 Å². The first-order valence-electron chi connectivity index (χ1n) is 8.94. The maximum atomic E-state index is 10.3. The number of nitrogens with zero attached hydrogens (tertiary/aromatic N) is 2. The molecule has 1 aromatic heterocycles. The quantitative estimate of drug-likeness (QED) is 0.737. The Morgan fingerprint density at radius 2 is 2.04 bits per heavy atom. The lowest BCUT2D eigenvalue weighted by Crippen LogP contribution is -2.43. The van der Waals surface area contributed by atoms with Crippen molar-refractivity contribution in [2.75, 3.05) is 37.7 Å². The molecule has 0 spiro atoms. The maximum absolute atomic E-state index is 10.3. The average molecular weight is 335 g/mol. The van der Waals surface area contributed by atoms with E-state index in [9.17, 15) is 10.2 Å². The van der Waals surface area contributed by atoms with Gasteiger partial charge in [-0.3, -0.25) is 0 Å². The Hall–Kier alpha value is -1.21. The Balaban J connectivity index is 1.71. The van der Waals surface area contributed by atoms with E-state index in [1.54, 1.807) is 0 Å². The van der Waals surface area contributed by atoms with Gasteiger partial charge >= 0.3 is 0 Å². The van der Waals surface area contributed by atoms with Crippen molar-refractivity contribution in [3.05, 3.63) is 23.9 Å². The van der Waals surface area contributed by atoms with Crippen molar-refractivity contribution in [3.8, 4) is 0 Å². The van der Waals surface area contributed by atoms with Crippen LogP contribution in [-0.4, -0.2) is 66.3 Å². The number of aromatic nitrogens is 1. The highest BCUT2D eigenvalue weighted by atomic mass is 16.5.